The maximum absolute atomic E-state index is 12.2. The van der Waals surface area contributed by atoms with Crippen molar-refractivity contribution in [2.75, 3.05) is 18.0 Å². The summed E-state index contributed by atoms with van der Waals surface area (Å²) in [5.41, 5.74) is 1.69. The normalized spacial score (nSPS) is 10.6. The monoisotopic (exact) mass is 278 g/mol. The second kappa shape index (κ2) is 7.65. The van der Waals surface area contributed by atoms with Crippen molar-refractivity contribution in [1.29, 1.82) is 0 Å². The SMILES string of the molecule is Cc1ccc(N(CC(=O)O)C(=O)CCNC(C)C)cc1. The van der Waals surface area contributed by atoms with Gasteiger partial charge in [0.1, 0.15) is 6.54 Å². The molecule has 0 aliphatic rings. The zero-order valence-electron chi connectivity index (χ0n) is 12.2. The molecule has 0 aliphatic carbocycles. The zero-order chi connectivity index (χ0) is 15.1. The molecule has 1 aromatic carbocycles. The number of rotatable bonds is 7. The molecule has 5 nitrogen and oxygen atoms in total. The first-order valence-electron chi connectivity index (χ1n) is 6.72. The molecule has 0 heterocycles. The lowest BCUT2D eigenvalue weighted by Crippen LogP contribution is -2.38. The van der Waals surface area contributed by atoms with Crippen LogP contribution in [0.1, 0.15) is 25.8 Å². The predicted molar refractivity (Wildman–Crippen MR) is 78.9 cm³/mol. The largest absolute Gasteiger partial charge is 0.480 e. The highest BCUT2D eigenvalue weighted by atomic mass is 16.4. The molecule has 20 heavy (non-hydrogen) atoms. The van der Waals surface area contributed by atoms with E-state index in [9.17, 15) is 9.59 Å². The van der Waals surface area contributed by atoms with Crippen LogP contribution in [0.15, 0.2) is 24.3 Å². The van der Waals surface area contributed by atoms with Crippen molar-refractivity contribution < 1.29 is 14.7 Å². The summed E-state index contributed by atoms with van der Waals surface area (Å²) in [4.78, 5) is 24.4. The number of benzene rings is 1. The van der Waals surface area contributed by atoms with E-state index in [0.717, 1.165) is 5.56 Å². The van der Waals surface area contributed by atoms with Gasteiger partial charge in [0.25, 0.3) is 0 Å². The van der Waals surface area contributed by atoms with E-state index >= 15 is 0 Å². The Morgan fingerprint density at radius 1 is 1.25 bits per heavy atom. The molecule has 5 heteroatoms. The summed E-state index contributed by atoms with van der Waals surface area (Å²) in [5, 5.41) is 12.1. The number of hydrogen-bond donors (Lipinski definition) is 2. The van der Waals surface area contributed by atoms with Crippen LogP contribution in [0.3, 0.4) is 0 Å². The third-order valence-electron chi connectivity index (χ3n) is 2.83. The minimum absolute atomic E-state index is 0.190. The smallest absolute Gasteiger partial charge is 0.323 e. The molecule has 0 unspecified atom stereocenters. The van der Waals surface area contributed by atoms with Crippen LogP contribution in [-0.2, 0) is 9.59 Å². The van der Waals surface area contributed by atoms with Gasteiger partial charge in [-0.1, -0.05) is 31.5 Å². The number of carbonyl (C=O) groups excluding carboxylic acids is 1. The second-order valence-corrected chi connectivity index (χ2v) is 5.07. The van der Waals surface area contributed by atoms with Gasteiger partial charge in [-0.15, -0.1) is 0 Å². The standard InChI is InChI=1S/C15H22N2O3/c1-11(2)16-9-8-14(18)17(10-15(19)20)13-6-4-12(3)5-7-13/h4-7,11,16H,8-10H2,1-3H3,(H,19,20). The molecule has 1 rings (SSSR count). The molecule has 0 aliphatic heterocycles. The molecule has 0 radical (unpaired) electrons. The van der Waals surface area contributed by atoms with Crippen LogP contribution in [0.4, 0.5) is 5.69 Å². The van der Waals surface area contributed by atoms with E-state index in [0.29, 0.717) is 18.3 Å². The van der Waals surface area contributed by atoms with Crippen LogP contribution in [0.5, 0.6) is 0 Å². The molecular weight excluding hydrogens is 256 g/mol. The highest BCUT2D eigenvalue weighted by Gasteiger charge is 2.18. The van der Waals surface area contributed by atoms with E-state index in [1.807, 2.05) is 32.9 Å². The Balaban J connectivity index is 2.75. The lowest BCUT2D eigenvalue weighted by Gasteiger charge is -2.21. The van der Waals surface area contributed by atoms with Crippen LogP contribution in [0.2, 0.25) is 0 Å². The first kappa shape index (κ1) is 16.2. The lowest BCUT2D eigenvalue weighted by molar-refractivity contribution is -0.136. The Labute approximate surface area is 119 Å². The molecule has 0 saturated heterocycles. The van der Waals surface area contributed by atoms with Crippen LogP contribution in [0, 0.1) is 6.92 Å². The van der Waals surface area contributed by atoms with E-state index in [1.165, 1.54) is 4.90 Å². The van der Waals surface area contributed by atoms with Crippen LogP contribution < -0.4 is 10.2 Å². The van der Waals surface area contributed by atoms with E-state index in [1.54, 1.807) is 12.1 Å². The van der Waals surface area contributed by atoms with Gasteiger partial charge in [0.05, 0.1) is 0 Å². The van der Waals surface area contributed by atoms with Gasteiger partial charge in [-0.3, -0.25) is 9.59 Å². The zero-order valence-corrected chi connectivity index (χ0v) is 12.2. The molecule has 110 valence electrons. The van der Waals surface area contributed by atoms with Crippen LogP contribution >= 0.6 is 0 Å². The van der Waals surface area contributed by atoms with Crippen molar-refractivity contribution >= 4 is 17.6 Å². The molecule has 1 amide bonds. The van der Waals surface area contributed by atoms with Gasteiger partial charge in [-0.2, -0.15) is 0 Å². The maximum Gasteiger partial charge on any atom is 0.323 e. The minimum atomic E-state index is -1.02. The summed E-state index contributed by atoms with van der Waals surface area (Å²) in [6.45, 7) is 6.17. The highest BCUT2D eigenvalue weighted by molar-refractivity contribution is 5.97. The Bertz CT molecular complexity index is 455. The van der Waals surface area contributed by atoms with Gasteiger partial charge >= 0.3 is 5.97 Å². The first-order valence-corrected chi connectivity index (χ1v) is 6.72. The van der Waals surface area contributed by atoms with Gasteiger partial charge in [-0.25, -0.2) is 0 Å². The summed E-state index contributed by atoms with van der Waals surface area (Å²) >= 11 is 0. The summed E-state index contributed by atoms with van der Waals surface area (Å²) in [5.74, 6) is -1.21. The molecule has 0 fully saturated rings. The number of amides is 1. The topological polar surface area (TPSA) is 69.6 Å². The van der Waals surface area contributed by atoms with Crippen molar-refractivity contribution in [2.45, 2.75) is 33.2 Å². The highest BCUT2D eigenvalue weighted by Crippen LogP contribution is 2.16. The third-order valence-corrected chi connectivity index (χ3v) is 2.83. The number of anilines is 1. The quantitative estimate of drug-likeness (QED) is 0.798. The molecule has 0 aromatic heterocycles. The Morgan fingerprint density at radius 2 is 1.85 bits per heavy atom. The maximum atomic E-state index is 12.2. The van der Waals surface area contributed by atoms with Crippen molar-refractivity contribution in [2.24, 2.45) is 0 Å². The van der Waals surface area contributed by atoms with E-state index in [4.69, 9.17) is 5.11 Å². The molecular formula is C15H22N2O3. The molecule has 2 N–H and O–H groups in total. The number of carboxylic acids is 1. The molecule has 0 bridgehead atoms. The number of carboxylic acid groups (broad SMARTS) is 1. The Kier molecular flexibility index (Phi) is 6.18. The number of nitrogens with zero attached hydrogens (tertiary/aromatic N) is 1. The number of aryl methyl sites for hydroxylation is 1. The summed E-state index contributed by atoms with van der Waals surface area (Å²) in [7, 11) is 0. The summed E-state index contributed by atoms with van der Waals surface area (Å²) in [6.07, 6.45) is 0.277. The summed E-state index contributed by atoms with van der Waals surface area (Å²) in [6, 6.07) is 7.57. The number of carbonyl (C=O) groups is 2. The number of nitrogens with one attached hydrogen (secondary N) is 1. The van der Waals surface area contributed by atoms with Crippen LogP contribution in [-0.4, -0.2) is 36.1 Å². The summed E-state index contributed by atoms with van der Waals surface area (Å²) < 4.78 is 0. The lowest BCUT2D eigenvalue weighted by atomic mass is 10.2. The van der Waals surface area contributed by atoms with Gasteiger partial charge in [0.15, 0.2) is 0 Å². The second-order valence-electron chi connectivity index (χ2n) is 5.07. The first-order chi connectivity index (χ1) is 9.40. The number of hydrogen-bond acceptors (Lipinski definition) is 3. The van der Waals surface area contributed by atoms with E-state index in [2.05, 4.69) is 5.32 Å². The van der Waals surface area contributed by atoms with E-state index < -0.39 is 5.97 Å². The average molecular weight is 278 g/mol. The molecule has 0 spiro atoms. The fourth-order valence-electron chi connectivity index (χ4n) is 1.79. The predicted octanol–water partition coefficient (Wildman–Crippen LogP) is 1.80. The van der Waals surface area contributed by atoms with Gasteiger partial charge < -0.3 is 15.3 Å². The van der Waals surface area contributed by atoms with Gasteiger partial charge in [-0.05, 0) is 19.1 Å². The fourth-order valence-corrected chi connectivity index (χ4v) is 1.79. The molecule has 0 saturated carbocycles. The van der Waals surface area contributed by atoms with Crippen LogP contribution in [0.25, 0.3) is 0 Å². The van der Waals surface area contributed by atoms with Crippen molar-refractivity contribution in [3.8, 4) is 0 Å². The molecule has 1 aromatic rings. The van der Waals surface area contributed by atoms with E-state index in [-0.39, 0.29) is 18.9 Å². The molecule has 0 atom stereocenters. The average Bonchev–Trinajstić information content (AvgIpc) is 2.36. The Morgan fingerprint density at radius 3 is 2.35 bits per heavy atom. The van der Waals surface area contributed by atoms with Gasteiger partial charge in [0, 0.05) is 24.7 Å². The third kappa shape index (κ3) is 5.40. The van der Waals surface area contributed by atoms with Gasteiger partial charge in [0.2, 0.25) is 5.91 Å². The minimum Gasteiger partial charge on any atom is -0.480 e. The fraction of sp³-hybridized carbons (Fsp3) is 0.467. The Hall–Kier alpha value is -1.88. The van der Waals surface area contributed by atoms with Crippen molar-refractivity contribution in [3.05, 3.63) is 29.8 Å². The van der Waals surface area contributed by atoms with Crippen molar-refractivity contribution in [3.63, 3.8) is 0 Å². The van der Waals surface area contributed by atoms with Crippen molar-refractivity contribution in [1.82, 2.24) is 5.32 Å². The number of aliphatic carboxylic acids is 1.